The molecule has 0 fully saturated rings. The molecule has 1 aromatic rings. The molecular weight excluding hydrogens is 480 g/mol. The van der Waals surface area contributed by atoms with Crippen molar-refractivity contribution >= 4 is 17.8 Å². The normalized spacial score (nSPS) is 12.4. The van der Waals surface area contributed by atoms with E-state index in [1.165, 1.54) is 13.2 Å². The number of unbranched alkanes of at least 4 members (excludes halogenated alkanes) is 1. The van der Waals surface area contributed by atoms with Gasteiger partial charge in [0.05, 0.1) is 13.5 Å². The maximum atomic E-state index is 12.1. The highest BCUT2D eigenvalue weighted by Crippen LogP contribution is 2.26. The van der Waals surface area contributed by atoms with Crippen molar-refractivity contribution in [2.75, 3.05) is 7.11 Å². The fraction of sp³-hybridized carbons (Fsp3) is 0.367. The number of phenolic OH excluding ortho intramolecular Hbond substituents is 1. The second-order valence-electron chi connectivity index (χ2n) is 8.36. The van der Waals surface area contributed by atoms with Crippen LogP contribution in [0, 0.1) is 0 Å². The molecule has 0 radical (unpaired) electrons. The number of hydrazone groups is 1. The van der Waals surface area contributed by atoms with Gasteiger partial charge in [0.25, 0.3) is 0 Å². The van der Waals surface area contributed by atoms with Gasteiger partial charge in [-0.1, -0.05) is 73.8 Å². The highest BCUT2D eigenvalue weighted by atomic mass is 16.5. The van der Waals surface area contributed by atoms with Crippen molar-refractivity contribution in [3.63, 3.8) is 0 Å². The number of ether oxygens (including phenoxy) is 1. The third-order valence-electron chi connectivity index (χ3n) is 5.11. The molecule has 8 heteroatoms. The minimum Gasteiger partial charge on any atom is -0.504 e. The maximum absolute atomic E-state index is 12.1. The third kappa shape index (κ3) is 16.6. The van der Waals surface area contributed by atoms with E-state index in [2.05, 4.69) is 83.5 Å². The molecule has 0 unspecified atom stereocenters. The Kier molecular flexibility index (Phi) is 17.7. The molecule has 5 N–H and O–H groups in total. The lowest BCUT2D eigenvalue weighted by molar-refractivity contribution is -0.121. The van der Waals surface area contributed by atoms with Crippen LogP contribution in [0.4, 0.5) is 0 Å². The molecule has 0 aliphatic heterocycles. The number of nitrogens with zero attached hydrogens (tertiary/aromatic N) is 1. The van der Waals surface area contributed by atoms with Gasteiger partial charge in [-0.25, -0.2) is 5.43 Å². The Morgan fingerprint density at radius 2 is 1.50 bits per heavy atom. The van der Waals surface area contributed by atoms with Crippen LogP contribution < -0.4 is 21.2 Å². The summed E-state index contributed by atoms with van der Waals surface area (Å²) < 4.78 is 5.02. The van der Waals surface area contributed by atoms with E-state index in [1.54, 1.807) is 12.1 Å². The van der Waals surface area contributed by atoms with E-state index in [1.807, 2.05) is 0 Å². The molecule has 0 heterocycles. The first-order valence-corrected chi connectivity index (χ1v) is 13.0. The molecule has 0 bridgehead atoms. The average Bonchev–Trinajstić information content (AvgIpc) is 2.90. The predicted octanol–water partition coefficient (Wildman–Crippen LogP) is 5.33. The average molecular weight is 523 g/mol. The Morgan fingerprint density at radius 3 is 2.08 bits per heavy atom. The van der Waals surface area contributed by atoms with Crippen LogP contribution in [0.2, 0.25) is 0 Å². The number of allylic oxidation sites excluding steroid dienone is 10. The number of nitrogens with two attached hydrogens (primary N) is 1. The van der Waals surface area contributed by atoms with Gasteiger partial charge in [0.2, 0.25) is 17.8 Å². The summed E-state index contributed by atoms with van der Waals surface area (Å²) >= 11 is 0. The number of aromatic hydroxyl groups is 1. The van der Waals surface area contributed by atoms with Crippen LogP contribution in [0.15, 0.2) is 84.1 Å². The van der Waals surface area contributed by atoms with Crippen molar-refractivity contribution in [3.8, 4) is 11.5 Å². The third-order valence-corrected chi connectivity index (χ3v) is 5.11. The standard InChI is InChI=1S/C30H42N4O4/c1-3-4-5-6-7-8-9-10-11-12-13-14-15-16-17-18-19-20-28(36)33-34-30(31)32-29(37)24-25-21-22-26(35)27(23-25)38-2/h4-5,7-8,10-11,13-14,16-17,21-23,35H,3,6,9,12,15,18-20,24H2,1-2H3,(H,33,36)(H3,31,32,34,37)/b5-4+,8-7+,11-10+,14-13+,17-16+. The molecule has 8 nitrogen and oxygen atoms in total. The molecule has 206 valence electrons. The van der Waals surface area contributed by atoms with Crippen LogP contribution in [0.25, 0.3) is 0 Å². The Bertz CT molecular complexity index is 1020. The number of methoxy groups -OCH3 is 1. The first kappa shape index (κ1) is 32.0. The topological polar surface area (TPSA) is 126 Å². The molecular formula is C30H42N4O4. The number of guanidine groups is 1. The Morgan fingerprint density at radius 1 is 0.921 bits per heavy atom. The molecule has 0 aromatic heterocycles. The zero-order valence-electron chi connectivity index (χ0n) is 22.6. The van der Waals surface area contributed by atoms with Gasteiger partial charge in [-0.3, -0.25) is 14.9 Å². The van der Waals surface area contributed by atoms with Crippen LogP contribution >= 0.6 is 0 Å². The molecule has 1 rings (SSSR count). The van der Waals surface area contributed by atoms with E-state index in [0.717, 1.165) is 38.5 Å². The number of carbonyl (C=O) groups excluding carboxylic acids is 2. The summed E-state index contributed by atoms with van der Waals surface area (Å²) in [7, 11) is 1.43. The number of hydrogen-bond acceptors (Lipinski definition) is 5. The molecule has 1 aromatic carbocycles. The summed E-state index contributed by atoms with van der Waals surface area (Å²) in [5.41, 5.74) is 8.63. The van der Waals surface area contributed by atoms with E-state index in [-0.39, 0.29) is 29.8 Å². The van der Waals surface area contributed by atoms with Gasteiger partial charge in [0.15, 0.2) is 11.5 Å². The Hall–Kier alpha value is -4.07. The van der Waals surface area contributed by atoms with Gasteiger partial charge in [0.1, 0.15) is 0 Å². The van der Waals surface area contributed by atoms with Gasteiger partial charge in [-0.05, 0) is 62.6 Å². The molecule has 2 amide bonds. The van der Waals surface area contributed by atoms with E-state index >= 15 is 0 Å². The van der Waals surface area contributed by atoms with E-state index in [4.69, 9.17) is 10.5 Å². The zero-order chi connectivity index (χ0) is 27.8. The quantitative estimate of drug-likeness (QED) is 0.0724. The number of carbonyl (C=O) groups is 2. The second kappa shape index (κ2) is 21.1. The number of nitrogens with one attached hydrogen (secondary N) is 2. The molecule has 38 heavy (non-hydrogen) atoms. The lowest BCUT2D eigenvalue weighted by Gasteiger charge is -2.07. The summed E-state index contributed by atoms with van der Waals surface area (Å²) in [6.07, 6.45) is 28.1. The molecule has 0 saturated heterocycles. The molecule has 0 aliphatic carbocycles. The minimum atomic E-state index is -0.411. The highest BCUT2D eigenvalue weighted by molar-refractivity contribution is 5.97. The minimum absolute atomic E-state index is 0.00799. The molecule has 0 spiro atoms. The van der Waals surface area contributed by atoms with Crippen molar-refractivity contribution in [1.82, 2.24) is 10.7 Å². The first-order chi connectivity index (χ1) is 18.5. The van der Waals surface area contributed by atoms with Gasteiger partial charge < -0.3 is 15.6 Å². The Balaban J connectivity index is 2.14. The van der Waals surface area contributed by atoms with Crippen molar-refractivity contribution in [1.29, 1.82) is 0 Å². The predicted molar refractivity (Wildman–Crippen MR) is 155 cm³/mol. The lowest BCUT2D eigenvalue weighted by atomic mass is 10.1. The summed E-state index contributed by atoms with van der Waals surface area (Å²) in [6.45, 7) is 2.14. The number of amides is 2. The van der Waals surface area contributed by atoms with Crippen LogP contribution in [-0.4, -0.2) is 30.0 Å². The summed E-state index contributed by atoms with van der Waals surface area (Å²) in [5.74, 6) is -0.632. The fourth-order valence-corrected chi connectivity index (χ4v) is 3.16. The SMILES string of the molecule is CC/C=C/C/C=C/C/C=C/C/C=C/C/C=C/CCCC(=O)N/N=C(\N)NC(=O)Cc1ccc(O)c(OC)c1. The van der Waals surface area contributed by atoms with Gasteiger partial charge in [-0.15, -0.1) is 5.10 Å². The van der Waals surface area contributed by atoms with Gasteiger partial charge in [0, 0.05) is 6.42 Å². The lowest BCUT2D eigenvalue weighted by Crippen LogP contribution is -2.39. The molecule has 0 saturated carbocycles. The highest BCUT2D eigenvalue weighted by Gasteiger charge is 2.09. The van der Waals surface area contributed by atoms with Crippen LogP contribution in [0.1, 0.15) is 63.9 Å². The van der Waals surface area contributed by atoms with Gasteiger partial charge in [-0.2, -0.15) is 0 Å². The molecule has 0 atom stereocenters. The zero-order valence-corrected chi connectivity index (χ0v) is 22.6. The van der Waals surface area contributed by atoms with Crippen molar-refractivity contribution in [2.45, 2.75) is 64.7 Å². The largest absolute Gasteiger partial charge is 0.504 e. The summed E-state index contributed by atoms with van der Waals surface area (Å²) in [5, 5.41) is 15.7. The van der Waals surface area contributed by atoms with Crippen LogP contribution in [0.5, 0.6) is 11.5 Å². The fourth-order valence-electron chi connectivity index (χ4n) is 3.16. The number of hydrogen-bond donors (Lipinski definition) is 4. The smallest absolute Gasteiger partial charge is 0.240 e. The van der Waals surface area contributed by atoms with Crippen molar-refractivity contribution < 1.29 is 19.4 Å². The number of rotatable bonds is 17. The van der Waals surface area contributed by atoms with Crippen molar-refractivity contribution in [3.05, 3.63) is 84.5 Å². The summed E-state index contributed by atoms with van der Waals surface area (Å²) in [4.78, 5) is 24.0. The van der Waals surface area contributed by atoms with Crippen LogP contribution in [0.3, 0.4) is 0 Å². The van der Waals surface area contributed by atoms with E-state index < -0.39 is 5.91 Å². The second-order valence-corrected chi connectivity index (χ2v) is 8.36. The number of phenols is 1. The number of benzene rings is 1. The van der Waals surface area contributed by atoms with E-state index in [9.17, 15) is 14.7 Å². The van der Waals surface area contributed by atoms with Crippen LogP contribution in [-0.2, 0) is 16.0 Å². The Labute approximate surface area is 226 Å². The maximum Gasteiger partial charge on any atom is 0.240 e. The first-order valence-electron chi connectivity index (χ1n) is 13.0. The van der Waals surface area contributed by atoms with E-state index in [0.29, 0.717) is 18.4 Å². The van der Waals surface area contributed by atoms with Gasteiger partial charge >= 0.3 is 0 Å². The molecule has 0 aliphatic rings. The monoisotopic (exact) mass is 522 g/mol. The van der Waals surface area contributed by atoms with Crippen molar-refractivity contribution in [2.24, 2.45) is 10.8 Å². The summed E-state index contributed by atoms with van der Waals surface area (Å²) in [6, 6.07) is 4.60.